The second kappa shape index (κ2) is 8.93. The lowest BCUT2D eigenvalue weighted by atomic mass is 9.79. The highest BCUT2D eigenvalue weighted by Crippen LogP contribution is 2.45. The van der Waals surface area contributed by atoms with Gasteiger partial charge in [0.25, 0.3) is 0 Å². The molecule has 0 unspecified atom stereocenters. The number of nitrogens with zero attached hydrogens (tertiary/aromatic N) is 2. The van der Waals surface area contributed by atoms with E-state index in [2.05, 4.69) is 0 Å². The first kappa shape index (κ1) is 23.8. The Labute approximate surface area is 208 Å². The van der Waals surface area contributed by atoms with E-state index in [1.807, 2.05) is 35.2 Å². The van der Waals surface area contributed by atoms with Crippen molar-refractivity contribution in [3.8, 4) is 11.1 Å². The van der Waals surface area contributed by atoms with Crippen LogP contribution in [0.2, 0.25) is 5.02 Å². The maximum atomic E-state index is 14.0. The van der Waals surface area contributed by atoms with Gasteiger partial charge in [0.2, 0.25) is 10.0 Å². The van der Waals surface area contributed by atoms with Gasteiger partial charge in [-0.05, 0) is 60.7 Å². The van der Waals surface area contributed by atoms with E-state index in [0.29, 0.717) is 23.4 Å². The van der Waals surface area contributed by atoms with Crippen molar-refractivity contribution in [1.82, 2.24) is 4.31 Å². The lowest BCUT2D eigenvalue weighted by Gasteiger charge is -2.39. The van der Waals surface area contributed by atoms with E-state index in [4.69, 9.17) is 11.6 Å². The van der Waals surface area contributed by atoms with Gasteiger partial charge in [0.1, 0.15) is 10.7 Å². The van der Waals surface area contributed by atoms with Crippen molar-refractivity contribution in [2.75, 3.05) is 18.5 Å². The summed E-state index contributed by atoms with van der Waals surface area (Å²) in [6, 6.07) is 16.0. The molecule has 0 radical (unpaired) electrons. The number of carboxylic acids is 1. The molecule has 1 saturated carbocycles. The van der Waals surface area contributed by atoms with E-state index >= 15 is 0 Å². The maximum absolute atomic E-state index is 14.0. The summed E-state index contributed by atoms with van der Waals surface area (Å²) in [4.78, 5) is 13.5. The number of rotatable bonds is 4. The quantitative estimate of drug-likeness (QED) is 0.477. The van der Waals surface area contributed by atoms with Crippen LogP contribution in [0, 0.1) is 11.7 Å². The number of aromatic carboxylic acids is 1. The summed E-state index contributed by atoms with van der Waals surface area (Å²) in [5.74, 6) is -2.03. The van der Waals surface area contributed by atoms with Crippen LogP contribution in [-0.2, 0) is 10.0 Å². The second-order valence-electron chi connectivity index (χ2n) is 9.03. The summed E-state index contributed by atoms with van der Waals surface area (Å²) in [5, 5.41) is 9.59. The molecule has 3 aromatic rings. The normalized spacial score (nSPS) is 20.1. The molecule has 0 spiro atoms. The third-order valence-corrected chi connectivity index (χ3v) is 9.33. The standard InChI is InChI=1S/C26H24ClFN2O4S/c1-29-24(16-6-5-7-16)15-30(18-8-3-2-4-9-18)23-14-21(27)19(13-25(23)35(29,33)34)17-10-11-22(28)20(12-17)26(31)32/h2-4,8-14,16,24H,5-7,15H2,1H3,(H,31,32)/t24-/m0/s1. The molecular weight excluding hydrogens is 491 g/mol. The van der Waals surface area contributed by atoms with E-state index in [1.54, 1.807) is 13.1 Å². The Balaban J connectivity index is 1.73. The van der Waals surface area contributed by atoms with Gasteiger partial charge in [0.05, 0.1) is 16.3 Å². The summed E-state index contributed by atoms with van der Waals surface area (Å²) in [5.41, 5.74) is 1.44. The molecule has 0 amide bonds. The summed E-state index contributed by atoms with van der Waals surface area (Å²) < 4.78 is 43.2. The third kappa shape index (κ3) is 4.09. The van der Waals surface area contributed by atoms with E-state index < -0.39 is 27.4 Å². The fourth-order valence-electron chi connectivity index (χ4n) is 4.90. The van der Waals surface area contributed by atoms with E-state index in [1.165, 1.54) is 22.5 Å². The number of anilines is 2. The van der Waals surface area contributed by atoms with Crippen LogP contribution >= 0.6 is 11.6 Å². The molecular formula is C26H24ClFN2O4S. The highest BCUT2D eigenvalue weighted by Gasteiger charge is 2.42. The molecule has 1 heterocycles. The number of likely N-dealkylation sites (N-methyl/N-ethyl adjacent to an activating group) is 1. The number of fused-ring (bicyclic) bond motifs is 1. The van der Waals surface area contributed by atoms with Gasteiger partial charge in [-0.2, -0.15) is 4.31 Å². The van der Waals surface area contributed by atoms with Crippen LogP contribution in [0.25, 0.3) is 11.1 Å². The topological polar surface area (TPSA) is 77.9 Å². The largest absolute Gasteiger partial charge is 0.478 e. The number of carbonyl (C=O) groups is 1. The Morgan fingerprint density at radius 2 is 1.80 bits per heavy atom. The Morgan fingerprint density at radius 1 is 1.09 bits per heavy atom. The molecule has 6 nitrogen and oxygen atoms in total. The molecule has 9 heteroatoms. The van der Waals surface area contributed by atoms with Gasteiger partial charge >= 0.3 is 5.97 Å². The zero-order valence-electron chi connectivity index (χ0n) is 19.0. The van der Waals surface area contributed by atoms with Crippen LogP contribution in [-0.4, -0.2) is 43.4 Å². The van der Waals surface area contributed by atoms with Gasteiger partial charge in [-0.15, -0.1) is 0 Å². The first-order valence-electron chi connectivity index (χ1n) is 11.4. The van der Waals surface area contributed by atoms with Crippen LogP contribution < -0.4 is 4.90 Å². The molecule has 0 saturated heterocycles. The highest BCUT2D eigenvalue weighted by atomic mass is 35.5. The fraction of sp³-hybridized carbons (Fsp3) is 0.269. The van der Waals surface area contributed by atoms with Gasteiger partial charge in [-0.1, -0.05) is 42.3 Å². The minimum Gasteiger partial charge on any atom is -0.478 e. The van der Waals surface area contributed by atoms with Crippen molar-refractivity contribution < 1.29 is 22.7 Å². The van der Waals surface area contributed by atoms with Crippen LogP contribution in [0.1, 0.15) is 29.6 Å². The van der Waals surface area contributed by atoms with Crippen LogP contribution in [0.4, 0.5) is 15.8 Å². The summed E-state index contributed by atoms with van der Waals surface area (Å²) in [6.45, 7) is 0.479. The van der Waals surface area contributed by atoms with Gasteiger partial charge in [0.15, 0.2) is 0 Å². The Hall–Kier alpha value is -2.94. The molecule has 1 aliphatic carbocycles. The fourth-order valence-corrected chi connectivity index (χ4v) is 6.77. The third-order valence-electron chi connectivity index (χ3n) is 7.10. The summed E-state index contributed by atoms with van der Waals surface area (Å²) in [6.07, 6.45) is 3.03. The average molecular weight is 515 g/mol. The molecule has 0 bridgehead atoms. The average Bonchev–Trinajstić information content (AvgIpc) is 2.87. The summed E-state index contributed by atoms with van der Waals surface area (Å²) >= 11 is 6.66. The molecule has 35 heavy (non-hydrogen) atoms. The maximum Gasteiger partial charge on any atom is 0.338 e. The molecule has 1 atom stereocenters. The predicted octanol–water partition coefficient (Wildman–Crippen LogP) is 5.79. The van der Waals surface area contributed by atoms with Crippen LogP contribution in [0.3, 0.4) is 0 Å². The minimum absolute atomic E-state index is 0.0753. The van der Waals surface area contributed by atoms with Crippen molar-refractivity contribution >= 4 is 39.0 Å². The minimum atomic E-state index is -3.91. The molecule has 1 N–H and O–H groups in total. The highest BCUT2D eigenvalue weighted by molar-refractivity contribution is 7.89. The molecule has 3 aromatic carbocycles. The van der Waals surface area contributed by atoms with E-state index in [0.717, 1.165) is 31.0 Å². The van der Waals surface area contributed by atoms with Gasteiger partial charge in [-0.3, -0.25) is 0 Å². The summed E-state index contributed by atoms with van der Waals surface area (Å²) in [7, 11) is -2.29. The van der Waals surface area contributed by atoms with E-state index in [-0.39, 0.29) is 21.9 Å². The van der Waals surface area contributed by atoms with Gasteiger partial charge in [0, 0.05) is 30.9 Å². The second-order valence-corrected chi connectivity index (χ2v) is 11.4. The Kier molecular flexibility index (Phi) is 6.07. The number of hydrogen-bond donors (Lipinski definition) is 1. The van der Waals surface area contributed by atoms with Gasteiger partial charge < -0.3 is 10.0 Å². The lowest BCUT2D eigenvalue weighted by molar-refractivity contribution is 0.0692. The molecule has 0 aromatic heterocycles. The monoisotopic (exact) mass is 514 g/mol. The number of hydrogen-bond acceptors (Lipinski definition) is 4. The van der Waals surface area contributed by atoms with Crippen LogP contribution in [0.5, 0.6) is 0 Å². The first-order chi connectivity index (χ1) is 16.7. The number of para-hydroxylation sites is 1. The number of benzene rings is 3. The van der Waals surface area contributed by atoms with Crippen LogP contribution in [0.15, 0.2) is 65.6 Å². The Bertz CT molecular complexity index is 1410. The number of sulfonamides is 1. The smallest absolute Gasteiger partial charge is 0.338 e. The zero-order chi connectivity index (χ0) is 24.9. The number of halogens is 2. The molecule has 1 fully saturated rings. The molecule has 1 aliphatic heterocycles. The number of carboxylic acid groups (broad SMARTS) is 1. The predicted molar refractivity (Wildman–Crippen MR) is 133 cm³/mol. The first-order valence-corrected chi connectivity index (χ1v) is 13.2. The molecule has 5 rings (SSSR count). The zero-order valence-corrected chi connectivity index (χ0v) is 20.6. The SMILES string of the molecule is CN1[C@H](C2CCC2)CN(c2ccccc2)c2cc(Cl)c(-c3ccc(F)c(C(=O)O)c3)cc2S1(=O)=O. The van der Waals surface area contributed by atoms with Crippen molar-refractivity contribution in [3.05, 3.63) is 77.1 Å². The van der Waals surface area contributed by atoms with Crippen molar-refractivity contribution in [2.24, 2.45) is 5.92 Å². The van der Waals surface area contributed by atoms with Crippen molar-refractivity contribution in [3.63, 3.8) is 0 Å². The Morgan fingerprint density at radius 3 is 2.43 bits per heavy atom. The lowest BCUT2D eigenvalue weighted by Crippen LogP contribution is -2.47. The van der Waals surface area contributed by atoms with Crippen molar-refractivity contribution in [2.45, 2.75) is 30.2 Å². The van der Waals surface area contributed by atoms with E-state index in [9.17, 15) is 22.7 Å². The molecule has 2 aliphatic rings. The van der Waals surface area contributed by atoms with Crippen molar-refractivity contribution in [1.29, 1.82) is 0 Å². The van der Waals surface area contributed by atoms with Gasteiger partial charge in [-0.25, -0.2) is 17.6 Å². The molecule has 182 valence electrons.